The van der Waals surface area contributed by atoms with E-state index in [0.29, 0.717) is 18.5 Å². The van der Waals surface area contributed by atoms with Crippen LogP contribution in [0.2, 0.25) is 0 Å². The molecule has 1 saturated heterocycles. The van der Waals surface area contributed by atoms with E-state index >= 15 is 0 Å². The third-order valence-corrected chi connectivity index (χ3v) is 5.61. The van der Waals surface area contributed by atoms with Crippen LogP contribution in [0.3, 0.4) is 0 Å². The van der Waals surface area contributed by atoms with Gasteiger partial charge in [0, 0.05) is 37.8 Å². The normalized spacial score (nSPS) is 16.8. The van der Waals surface area contributed by atoms with Crippen LogP contribution in [0.5, 0.6) is 0 Å². The van der Waals surface area contributed by atoms with Gasteiger partial charge in [-0.2, -0.15) is 0 Å². The molecular weight excluding hydrogens is 520 g/mol. The number of hydrogen-bond donors (Lipinski definition) is 3. The first-order chi connectivity index (χ1) is 13.6. The van der Waals surface area contributed by atoms with Gasteiger partial charge in [-0.15, -0.1) is 24.0 Å². The van der Waals surface area contributed by atoms with Gasteiger partial charge in [-0.25, -0.2) is 17.5 Å². The molecular formula is C20H35FIN5O2S. The van der Waals surface area contributed by atoms with Crippen molar-refractivity contribution < 1.29 is 12.8 Å². The second kappa shape index (κ2) is 12.2. The van der Waals surface area contributed by atoms with Crippen LogP contribution in [0.1, 0.15) is 39.2 Å². The van der Waals surface area contributed by atoms with Gasteiger partial charge in [-0.3, -0.25) is 9.89 Å². The molecule has 0 saturated carbocycles. The fourth-order valence-corrected chi connectivity index (χ4v) is 4.48. The summed E-state index contributed by atoms with van der Waals surface area (Å²) in [5, 5.41) is 6.70. The third-order valence-electron chi connectivity index (χ3n) is 4.69. The van der Waals surface area contributed by atoms with Gasteiger partial charge in [0.25, 0.3) is 0 Å². The number of aliphatic imine (C=N–C) groups is 1. The van der Waals surface area contributed by atoms with Crippen LogP contribution in [-0.4, -0.2) is 63.3 Å². The molecule has 1 aromatic rings. The Balaban J connectivity index is 0.00000450. The number of sulfonamides is 1. The van der Waals surface area contributed by atoms with Crippen LogP contribution in [0.4, 0.5) is 4.39 Å². The number of benzene rings is 1. The molecule has 30 heavy (non-hydrogen) atoms. The first-order valence-electron chi connectivity index (χ1n) is 10.1. The second-order valence-electron chi connectivity index (χ2n) is 8.27. The largest absolute Gasteiger partial charge is 0.357 e. The van der Waals surface area contributed by atoms with Crippen molar-refractivity contribution in [1.29, 1.82) is 0 Å². The van der Waals surface area contributed by atoms with E-state index in [1.807, 2.05) is 32.9 Å². The average molecular weight is 556 g/mol. The van der Waals surface area contributed by atoms with Gasteiger partial charge in [0.2, 0.25) is 10.0 Å². The Hall–Kier alpha value is -0.980. The summed E-state index contributed by atoms with van der Waals surface area (Å²) in [6.07, 6.45) is 3.12. The number of piperidine rings is 1. The number of guanidine groups is 1. The first-order valence-corrected chi connectivity index (χ1v) is 12.0. The number of halogens is 2. The van der Waals surface area contributed by atoms with Crippen LogP contribution < -0.4 is 15.4 Å². The Labute approximate surface area is 197 Å². The highest BCUT2D eigenvalue weighted by Crippen LogP contribution is 2.14. The van der Waals surface area contributed by atoms with Crippen LogP contribution in [0, 0.1) is 5.82 Å². The Bertz CT molecular complexity index is 779. The summed E-state index contributed by atoms with van der Waals surface area (Å²) >= 11 is 0. The summed E-state index contributed by atoms with van der Waals surface area (Å²) in [7, 11) is -3.29. The molecule has 0 unspecified atom stereocenters. The van der Waals surface area contributed by atoms with Gasteiger partial charge in [0.1, 0.15) is 5.82 Å². The molecule has 1 aliphatic rings. The van der Waals surface area contributed by atoms with E-state index in [1.165, 1.54) is 12.1 Å². The average Bonchev–Trinajstić information content (AvgIpc) is 2.61. The predicted molar refractivity (Wildman–Crippen MR) is 131 cm³/mol. The first kappa shape index (κ1) is 27.1. The van der Waals surface area contributed by atoms with Crippen molar-refractivity contribution in [1.82, 2.24) is 20.3 Å². The van der Waals surface area contributed by atoms with Gasteiger partial charge in [0.05, 0.1) is 12.8 Å². The maximum Gasteiger partial charge on any atom is 0.209 e. The molecule has 0 aromatic heterocycles. The lowest BCUT2D eigenvalue weighted by Gasteiger charge is -2.33. The SMILES string of the molecule is CCNC(=NCC(C)(C)NS(C)(=O)=O)NC1CCN(Cc2ccc(F)cc2)CC1.I. The molecule has 3 N–H and O–H groups in total. The smallest absolute Gasteiger partial charge is 0.209 e. The molecule has 1 aliphatic heterocycles. The second-order valence-corrected chi connectivity index (χ2v) is 10.0. The molecule has 7 nitrogen and oxygen atoms in total. The summed E-state index contributed by atoms with van der Waals surface area (Å²) in [6.45, 7) is 9.43. The summed E-state index contributed by atoms with van der Waals surface area (Å²) < 4.78 is 38.7. The zero-order valence-corrected chi connectivity index (χ0v) is 21.4. The molecule has 1 fully saturated rings. The van der Waals surface area contributed by atoms with Crippen molar-refractivity contribution in [2.75, 3.05) is 32.4 Å². The van der Waals surface area contributed by atoms with E-state index in [9.17, 15) is 12.8 Å². The molecule has 1 aromatic carbocycles. The Kier molecular flexibility index (Phi) is 11.0. The van der Waals surface area contributed by atoms with E-state index in [0.717, 1.165) is 50.8 Å². The van der Waals surface area contributed by atoms with E-state index in [1.54, 1.807) is 0 Å². The Morgan fingerprint density at radius 3 is 2.37 bits per heavy atom. The topological polar surface area (TPSA) is 85.8 Å². The summed E-state index contributed by atoms with van der Waals surface area (Å²) in [5.74, 6) is 0.495. The van der Waals surface area contributed by atoms with Crippen molar-refractivity contribution in [2.24, 2.45) is 4.99 Å². The summed E-state index contributed by atoms with van der Waals surface area (Å²) in [4.78, 5) is 6.95. The van der Waals surface area contributed by atoms with Crippen molar-refractivity contribution >= 4 is 40.0 Å². The molecule has 0 spiro atoms. The molecule has 0 bridgehead atoms. The number of nitrogens with zero attached hydrogens (tertiary/aromatic N) is 2. The molecule has 0 amide bonds. The van der Waals surface area contributed by atoms with E-state index in [4.69, 9.17) is 0 Å². The number of rotatable bonds is 8. The highest BCUT2D eigenvalue weighted by atomic mass is 127. The highest BCUT2D eigenvalue weighted by Gasteiger charge is 2.23. The molecule has 1 heterocycles. The summed E-state index contributed by atoms with van der Waals surface area (Å²) in [6, 6.07) is 6.98. The summed E-state index contributed by atoms with van der Waals surface area (Å²) in [5.41, 5.74) is 0.461. The van der Waals surface area contributed by atoms with Gasteiger partial charge in [-0.1, -0.05) is 12.1 Å². The number of likely N-dealkylation sites (tertiary alicyclic amines) is 1. The van der Waals surface area contributed by atoms with E-state index in [-0.39, 0.29) is 29.8 Å². The minimum atomic E-state index is -3.29. The van der Waals surface area contributed by atoms with Crippen molar-refractivity contribution in [3.05, 3.63) is 35.6 Å². The molecule has 172 valence electrons. The predicted octanol–water partition coefficient (Wildman–Crippen LogP) is 2.29. The fraction of sp³-hybridized carbons (Fsp3) is 0.650. The standard InChI is InChI=1S/C20H34FN5O2S.HI/c1-5-22-19(23-15-20(2,3)25-29(4,27)28)24-18-10-12-26(13-11-18)14-16-6-8-17(21)9-7-16;/h6-9,18,25H,5,10-15H2,1-4H3,(H2,22,23,24);1H. The lowest BCUT2D eigenvalue weighted by molar-refractivity contribution is 0.198. The minimum Gasteiger partial charge on any atom is -0.357 e. The van der Waals surface area contributed by atoms with Crippen LogP contribution >= 0.6 is 24.0 Å². The Morgan fingerprint density at radius 2 is 1.83 bits per heavy atom. The molecule has 2 rings (SSSR count). The van der Waals surface area contributed by atoms with Gasteiger partial charge < -0.3 is 10.6 Å². The molecule has 0 radical (unpaired) electrons. The monoisotopic (exact) mass is 555 g/mol. The van der Waals surface area contributed by atoms with Crippen LogP contribution in [-0.2, 0) is 16.6 Å². The van der Waals surface area contributed by atoms with Crippen molar-refractivity contribution in [3.63, 3.8) is 0 Å². The third kappa shape index (κ3) is 10.4. The zero-order valence-electron chi connectivity index (χ0n) is 18.2. The maximum absolute atomic E-state index is 13.0. The van der Waals surface area contributed by atoms with Crippen LogP contribution in [0.25, 0.3) is 0 Å². The Morgan fingerprint density at radius 1 is 1.23 bits per heavy atom. The minimum absolute atomic E-state index is 0. The fourth-order valence-electron chi connectivity index (χ4n) is 3.41. The maximum atomic E-state index is 13.0. The number of nitrogens with one attached hydrogen (secondary N) is 3. The van der Waals surface area contributed by atoms with Crippen LogP contribution in [0.15, 0.2) is 29.3 Å². The quantitative estimate of drug-likeness (QED) is 0.261. The van der Waals surface area contributed by atoms with Crippen molar-refractivity contribution in [3.8, 4) is 0 Å². The zero-order chi connectivity index (χ0) is 21.5. The van der Waals surface area contributed by atoms with E-state index < -0.39 is 15.6 Å². The lowest BCUT2D eigenvalue weighted by atomic mass is 10.0. The number of hydrogen-bond acceptors (Lipinski definition) is 4. The van der Waals surface area contributed by atoms with Gasteiger partial charge in [-0.05, 0) is 51.3 Å². The molecule has 10 heteroatoms. The molecule has 0 aliphatic carbocycles. The highest BCUT2D eigenvalue weighted by molar-refractivity contribution is 14.0. The molecule has 0 atom stereocenters. The van der Waals surface area contributed by atoms with Crippen molar-refractivity contribution in [2.45, 2.75) is 51.7 Å². The van der Waals surface area contributed by atoms with Gasteiger partial charge in [0.15, 0.2) is 5.96 Å². The lowest BCUT2D eigenvalue weighted by Crippen LogP contribution is -2.50. The van der Waals surface area contributed by atoms with E-state index in [2.05, 4.69) is 25.2 Å². The van der Waals surface area contributed by atoms with Gasteiger partial charge >= 0.3 is 0 Å².